The van der Waals surface area contributed by atoms with Crippen LogP contribution in [0.4, 0.5) is 13.2 Å². The summed E-state index contributed by atoms with van der Waals surface area (Å²) >= 11 is 5.98. The van der Waals surface area contributed by atoms with Crippen molar-refractivity contribution in [2.24, 2.45) is 5.92 Å². The van der Waals surface area contributed by atoms with Crippen LogP contribution >= 0.6 is 11.6 Å². The fraction of sp³-hybridized carbons (Fsp3) is 0.565. The molecule has 1 amide bonds. The van der Waals surface area contributed by atoms with E-state index in [0.29, 0.717) is 22.8 Å². The smallest absolute Gasteiger partial charge is 0.480 e. The molecule has 1 aromatic carbocycles. The first-order valence-electron chi connectivity index (χ1n) is 11.3. The summed E-state index contributed by atoms with van der Waals surface area (Å²) in [5.41, 5.74) is 1.05. The number of aliphatic hydroxyl groups is 1. The number of nitrogens with zero attached hydrogens (tertiary/aromatic N) is 2. The SMILES string of the molecule is O=C(NC12CC(n3cc([C@H]4C[C@@H]4COC(F)(F)F)cn3)(C1)C2)[C@H]1C[C@@H](O)c2cc(Cl)ccc2O1. The Balaban J connectivity index is 1.03. The molecule has 7 nitrogen and oxygen atoms in total. The van der Waals surface area contributed by atoms with Gasteiger partial charge in [0.2, 0.25) is 0 Å². The summed E-state index contributed by atoms with van der Waals surface area (Å²) < 4.78 is 48.4. The Bertz CT molecular complexity index is 1130. The van der Waals surface area contributed by atoms with Crippen LogP contribution in [0.5, 0.6) is 5.75 Å². The summed E-state index contributed by atoms with van der Waals surface area (Å²) in [6, 6.07) is 4.96. The minimum absolute atomic E-state index is 0.0461. The molecule has 0 saturated heterocycles. The Morgan fingerprint density at radius 1 is 1.32 bits per heavy atom. The lowest BCUT2D eigenvalue weighted by atomic mass is 9.44. The number of nitrogens with one attached hydrogen (secondary N) is 1. The topological polar surface area (TPSA) is 85.6 Å². The normalized spacial score (nSPS) is 35.4. The van der Waals surface area contributed by atoms with Crippen LogP contribution in [0, 0.1) is 5.92 Å². The van der Waals surface area contributed by atoms with Crippen molar-refractivity contribution in [3.8, 4) is 5.75 Å². The van der Waals surface area contributed by atoms with Gasteiger partial charge in [-0.2, -0.15) is 5.10 Å². The molecule has 11 heteroatoms. The molecule has 0 unspecified atom stereocenters. The summed E-state index contributed by atoms with van der Waals surface area (Å²) in [4.78, 5) is 12.9. The average Bonchev–Trinajstić information content (AvgIpc) is 3.34. The summed E-state index contributed by atoms with van der Waals surface area (Å²) in [6.45, 7) is -0.324. The largest absolute Gasteiger partial charge is 0.522 e. The molecule has 4 aliphatic carbocycles. The molecular weight excluding hydrogens is 475 g/mol. The number of fused-ring (bicyclic) bond motifs is 1. The molecule has 2 N–H and O–H groups in total. The number of rotatable bonds is 6. The quantitative estimate of drug-likeness (QED) is 0.634. The molecule has 2 bridgehead atoms. The van der Waals surface area contributed by atoms with Gasteiger partial charge in [-0.1, -0.05) is 11.6 Å². The molecule has 4 fully saturated rings. The maximum Gasteiger partial charge on any atom is 0.522 e. The molecule has 5 aliphatic rings. The highest BCUT2D eigenvalue weighted by atomic mass is 35.5. The maximum atomic E-state index is 12.9. The Morgan fingerprint density at radius 2 is 2.09 bits per heavy atom. The second-order valence-electron chi connectivity index (χ2n) is 10.1. The van der Waals surface area contributed by atoms with Crippen molar-refractivity contribution >= 4 is 17.5 Å². The van der Waals surface area contributed by atoms with Gasteiger partial charge in [0.1, 0.15) is 5.75 Å². The van der Waals surface area contributed by atoms with E-state index >= 15 is 0 Å². The van der Waals surface area contributed by atoms with Crippen molar-refractivity contribution in [2.75, 3.05) is 6.61 Å². The predicted octanol–water partition coefficient (Wildman–Crippen LogP) is 3.81. The monoisotopic (exact) mass is 497 g/mol. The number of amides is 1. The minimum atomic E-state index is -4.60. The Kier molecular flexibility index (Phi) is 4.80. The lowest BCUT2D eigenvalue weighted by Crippen LogP contribution is -2.79. The number of aliphatic hydroxyl groups excluding tert-OH is 1. The van der Waals surface area contributed by atoms with E-state index in [1.165, 1.54) is 0 Å². The second kappa shape index (κ2) is 7.35. The maximum absolute atomic E-state index is 12.9. The molecule has 0 spiro atoms. The highest BCUT2D eigenvalue weighted by Gasteiger charge is 2.70. The molecule has 0 radical (unpaired) electrons. The minimum Gasteiger partial charge on any atom is -0.480 e. The summed E-state index contributed by atoms with van der Waals surface area (Å²) in [6.07, 6.45) is 0.472. The highest BCUT2D eigenvalue weighted by Crippen LogP contribution is 2.65. The third-order valence-electron chi connectivity index (χ3n) is 7.62. The van der Waals surface area contributed by atoms with Gasteiger partial charge in [0.15, 0.2) is 6.10 Å². The number of aromatic nitrogens is 2. The lowest BCUT2D eigenvalue weighted by Gasteiger charge is -2.70. The zero-order chi connectivity index (χ0) is 23.9. The second-order valence-corrected chi connectivity index (χ2v) is 10.6. The van der Waals surface area contributed by atoms with Crippen molar-refractivity contribution in [2.45, 2.75) is 67.7 Å². The number of carbonyl (C=O) groups excluding carboxylic acids is 1. The molecule has 4 saturated carbocycles. The fourth-order valence-corrected chi connectivity index (χ4v) is 6.04. The van der Waals surface area contributed by atoms with Gasteiger partial charge in [-0.25, -0.2) is 0 Å². The Morgan fingerprint density at radius 3 is 2.82 bits per heavy atom. The van der Waals surface area contributed by atoms with Crippen LogP contribution in [0.15, 0.2) is 30.6 Å². The molecule has 1 aliphatic heterocycles. The van der Waals surface area contributed by atoms with E-state index in [9.17, 15) is 23.1 Å². The summed E-state index contributed by atoms with van der Waals surface area (Å²) in [7, 11) is 0. The fourth-order valence-electron chi connectivity index (χ4n) is 5.86. The Labute approximate surface area is 198 Å². The van der Waals surface area contributed by atoms with Gasteiger partial charge in [0.25, 0.3) is 5.91 Å². The molecule has 7 rings (SSSR count). The molecular formula is C23H23ClF3N3O4. The van der Waals surface area contributed by atoms with Gasteiger partial charge in [-0.3, -0.25) is 14.2 Å². The predicted molar refractivity (Wildman–Crippen MR) is 113 cm³/mol. The molecule has 2 heterocycles. The first-order chi connectivity index (χ1) is 16.0. The van der Waals surface area contributed by atoms with E-state index in [4.69, 9.17) is 16.3 Å². The van der Waals surface area contributed by atoms with E-state index in [2.05, 4.69) is 15.2 Å². The van der Waals surface area contributed by atoms with Gasteiger partial charge in [0.05, 0.1) is 24.4 Å². The number of alkyl halides is 3. The number of ether oxygens (including phenoxy) is 2. The van der Waals surface area contributed by atoms with E-state index in [1.54, 1.807) is 24.4 Å². The van der Waals surface area contributed by atoms with Crippen LogP contribution in [0.1, 0.15) is 55.3 Å². The lowest BCUT2D eigenvalue weighted by molar-refractivity contribution is -0.326. The van der Waals surface area contributed by atoms with Crippen molar-refractivity contribution in [3.63, 3.8) is 0 Å². The van der Waals surface area contributed by atoms with E-state index in [-0.39, 0.29) is 41.8 Å². The number of carbonyl (C=O) groups is 1. The average molecular weight is 498 g/mol. The first-order valence-corrected chi connectivity index (χ1v) is 11.6. The zero-order valence-corrected chi connectivity index (χ0v) is 18.8. The Hall–Kier alpha value is -2.30. The van der Waals surface area contributed by atoms with Gasteiger partial charge < -0.3 is 15.2 Å². The number of hydrogen-bond donors (Lipinski definition) is 2. The molecule has 34 heavy (non-hydrogen) atoms. The number of benzene rings is 1. The van der Waals surface area contributed by atoms with Crippen LogP contribution in [0.25, 0.3) is 0 Å². The van der Waals surface area contributed by atoms with Crippen LogP contribution in [-0.2, 0) is 15.1 Å². The van der Waals surface area contributed by atoms with Crippen LogP contribution in [0.3, 0.4) is 0 Å². The summed E-state index contributed by atoms with van der Waals surface area (Å²) in [5.74, 6) is 0.120. The van der Waals surface area contributed by atoms with Crippen molar-refractivity contribution in [1.29, 1.82) is 0 Å². The van der Waals surface area contributed by atoms with E-state index in [0.717, 1.165) is 24.8 Å². The van der Waals surface area contributed by atoms with Gasteiger partial charge in [-0.05, 0) is 61.3 Å². The van der Waals surface area contributed by atoms with Crippen LogP contribution < -0.4 is 10.1 Å². The third-order valence-corrected chi connectivity index (χ3v) is 7.86. The summed E-state index contributed by atoms with van der Waals surface area (Å²) in [5, 5.41) is 18.5. The molecule has 4 atom stereocenters. The van der Waals surface area contributed by atoms with Crippen LogP contribution in [0.2, 0.25) is 5.02 Å². The van der Waals surface area contributed by atoms with Crippen molar-refractivity contribution in [3.05, 3.63) is 46.7 Å². The zero-order valence-electron chi connectivity index (χ0n) is 18.0. The number of hydrogen-bond acceptors (Lipinski definition) is 5. The molecule has 182 valence electrons. The number of halogens is 4. The van der Waals surface area contributed by atoms with Crippen molar-refractivity contribution in [1.82, 2.24) is 15.1 Å². The van der Waals surface area contributed by atoms with Crippen molar-refractivity contribution < 1.29 is 32.5 Å². The standard InChI is InChI=1S/C23H23ClF3N3O4/c24-14-1-2-18-16(4-14)17(31)5-19(34-18)20(32)29-21-9-22(10-21,11-21)30-7-13(6-28-30)15-3-12(15)8-33-23(25,26)27/h1-2,4,6-7,12,15,17,19,31H,3,5,8-11H2,(H,29,32)/t12-,15+,17-,19-,21?,22?/m1/s1. The van der Waals surface area contributed by atoms with E-state index < -0.39 is 18.6 Å². The molecule has 1 aromatic heterocycles. The highest BCUT2D eigenvalue weighted by molar-refractivity contribution is 6.30. The van der Waals surface area contributed by atoms with Crippen LogP contribution in [-0.4, -0.2) is 45.4 Å². The third kappa shape index (κ3) is 3.76. The van der Waals surface area contributed by atoms with Gasteiger partial charge in [0, 0.05) is 28.7 Å². The first kappa shape index (κ1) is 22.2. The molecule has 2 aromatic rings. The van der Waals surface area contributed by atoms with Gasteiger partial charge in [-0.15, -0.1) is 13.2 Å². The van der Waals surface area contributed by atoms with Gasteiger partial charge >= 0.3 is 6.36 Å². The van der Waals surface area contributed by atoms with E-state index in [1.807, 2.05) is 10.9 Å².